The predicted octanol–water partition coefficient (Wildman–Crippen LogP) is 5.06. The van der Waals surface area contributed by atoms with Gasteiger partial charge >= 0.3 is 0 Å². The number of aromatic amines is 1. The molecule has 0 radical (unpaired) electrons. The average Bonchev–Trinajstić information content (AvgIpc) is 3.42. The number of aryl methyl sites for hydroxylation is 1. The van der Waals surface area contributed by atoms with E-state index < -0.39 is 0 Å². The number of H-pyrrole nitrogens is 1. The zero-order chi connectivity index (χ0) is 21.9. The van der Waals surface area contributed by atoms with Crippen LogP contribution in [0.2, 0.25) is 0 Å². The maximum absolute atomic E-state index is 13.1. The topological polar surface area (TPSA) is 95.6 Å². The summed E-state index contributed by atoms with van der Waals surface area (Å²) in [5, 5.41) is 14.5. The Balaban J connectivity index is 1.43. The van der Waals surface area contributed by atoms with Gasteiger partial charge < -0.3 is 10.6 Å². The molecule has 4 aromatic heterocycles. The number of nitrogens with zero attached hydrogens (tertiary/aromatic N) is 3. The van der Waals surface area contributed by atoms with Crippen molar-refractivity contribution in [1.29, 1.82) is 0 Å². The van der Waals surface area contributed by atoms with Gasteiger partial charge in [-0.3, -0.25) is 19.9 Å². The van der Waals surface area contributed by atoms with E-state index >= 15 is 0 Å². The van der Waals surface area contributed by atoms with E-state index in [2.05, 4.69) is 30.8 Å². The second-order valence-corrected chi connectivity index (χ2v) is 8.40. The number of carbonyl (C=O) groups excluding carboxylic acids is 1. The Hall–Kier alpha value is -4.04. The highest BCUT2D eigenvalue weighted by atomic mass is 32.1. The summed E-state index contributed by atoms with van der Waals surface area (Å²) >= 11 is 1.42. The van der Waals surface area contributed by atoms with E-state index in [4.69, 9.17) is 0 Å². The number of hydrogen-bond acceptors (Lipinski definition) is 6. The Kier molecular flexibility index (Phi) is 5.35. The van der Waals surface area contributed by atoms with Gasteiger partial charge in [-0.2, -0.15) is 5.10 Å². The zero-order valence-corrected chi connectivity index (χ0v) is 18.1. The molecule has 0 aliphatic heterocycles. The van der Waals surface area contributed by atoms with Crippen LogP contribution in [0.5, 0.6) is 0 Å². The lowest BCUT2D eigenvalue weighted by molar-refractivity contribution is 0.0955. The highest BCUT2D eigenvalue weighted by Gasteiger charge is 2.19. The molecule has 32 heavy (non-hydrogen) atoms. The minimum absolute atomic E-state index is 0.137. The first-order valence-corrected chi connectivity index (χ1v) is 10.9. The Labute approximate surface area is 188 Å². The third kappa shape index (κ3) is 3.95. The molecule has 7 nitrogen and oxygen atoms in total. The van der Waals surface area contributed by atoms with E-state index in [1.807, 2.05) is 55.6 Å². The summed E-state index contributed by atoms with van der Waals surface area (Å²) < 4.78 is 0.950. The van der Waals surface area contributed by atoms with Gasteiger partial charge in [0.15, 0.2) is 0 Å². The Morgan fingerprint density at radius 3 is 2.62 bits per heavy atom. The van der Waals surface area contributed by atoms with Crippen LogP contribution in [0.1, 0.15) is 20.8 Å². The molecule has 8 heteroatoms. The van der Waals surface area contributed by atoms with Crippen molar-refractivity contribution in [1.82, 2.24) is 25.5 Å². The van der Waals surface area contributed by atoms with E-state index in [0.717, 1.165) is 43.8 Å². The molecule has 0 atom stereocenters. The molecule has 5 rings (SSSR count). The third-order valence-electron chi connectivity index (χ3n) is 5.15. The van der Waals surface area contributed by atoms with Gasteiger partial charge in [-0.1, -0.05) is 18.2 Å². The van der Waals surface area contributed by atoms with E-state index in [9.17, 15) is 4.79 Å². The minimum atomic E-state index is -0.137. The molecule has 5 aromatic rings. The maximum atomic E-state index is 13.1. The largest absolute Gasteiger partial charge is 0.354 e. The van der Waals surface area contributed by atoms with Crippen molar-refractivity contribution in [2.45, 2.75) is 13.5 Å². The van der Waals surface area contributed by atoms with Crippen molar-refractivity contribution in [3.63, 3.8) is 0 Å². The minimum Gasteiger partial charge on any atom is -0.354 e. The molecule has 1 amide bonds. The summed E-state index contributed by atoms with van der Waals surface area (Å²) in [5.41, 5.74) is 5.76. The van der Waals surface area contributed by atoms with Crippen LogP contribution in [0.25, 0.3) is 21.3 Å². The number of fused-ring (bicyclic) bond motifs is 1. The second-order valence-electron chi connectivity index (χ2n) is 7.35. The average molecular weight is 441 g/mol. The molecule has 1 aromatic carbocycles. The van der Waals surface area contributed by atoms with Crippen LogP contribution in [-0.2, 0) is 6.54 Å². The van der Waals surface area contributed by atoms with E-state index in [1.54, 1.807) is 24.8 Å². The molecular formula is C24H20N6OS. The van der Waals surface area contributed by atoms with Crippen molar-refractivity contribution < 1.29 is 4.79 Å². The van der Waals surface area contributed by atoms with Crippen molar-refractivity contribution in [3.8, 4) is 11.3 Å². The SMILES string of the molecule is Cc1cn[nH]c1-c1ccc(Nc2c(C(=O)NCc3cccnc3)sc3cnccc23)cc1. The number of thiophene rings is 1. The predicted molar refractivity (Wildman–Crippen MR) is 127 cm³/mol. The number of amides is 1. The number of benzene rings is 1. The molecule has 0 saturated heterocycles. The maximum Gasteiger partial charge on any atom is 0.263 e. The quantitative estimate of drug-likeness (QED) is 0.343. The first-order valence-electron chi connectivity index (χ1n) is 10.1. The second kappa shape index (κ2) is 8.60. The Morgan fingerprint density at radius 1 is 1.03 bits per heavy atom. The van der Waals surface area contributed by atoms with Gasteiger partial charge in [-0.15, -0.1) is 11.3 Å². The van der Waals surface area contributed by atoms with Gasteiger partial charge in [-0.05, 0) is 47.9 Å². The van der Waals surface area contributed by atoms with Crippen molar-refractivity contribution in [2.75, 3.05) is 5.32 Å². The molecule has 0 fully saturated rings. The fourth-order valence-electron chi connectivity index (χ4n) is 3.50. The van der Waals surface area contributed by atoms with Crippen LogP contribution < -0.4 is 10.6 Å². The first kappa shape index (κ1) is 19.9. The van der Waals surface area contributed by atoms with E-state index in [-0.39, 0.29) is 5.91 Å². The molecule has 0 spiro atoms. The molecular weight excluding hydrogens is 420 g/mol. The standard InChI is InChI=1S/C24H20N6OS/c1-15-11-28-30-21(15)17-4-6-18(7-5-17)29-22-19-8-10-26-14-20(19)32-23(22)24(31)27-13-16-3-2-9-25-12-16/h2-12,14,29H,13H2,1H3,(H,27,31)(H,28,30). The highest BCUT2D eigenvalue weighted by molar-refractivity contribution is 7.21. The van der Waals surface area contributed by atoms with Crippen LogP contribution in [0, 0.1) is 6.92 Å². The van der Waals surface area contributed by atoms with Crippen LogP contribution in [-0.4, -0.2) is 26.1 Å². The third-order valence-corrected chi connectivity index (χ3v) is 6.29. The van der Waals surface area contributed by atoms with Gasteiger partial charge in [0.2, 0.25) is 0 Å². The van der Waals surface area contributed by atoms with Crippen LogP contribution in [0.4, 0.5) is 11.4 Å². The number of aromatic nitrogens is 4. The van der Waals surface area contributed by atoms with Crippen LogP contribution in [0.3, 0.4) is 0 Å². The molecule has 0 aliphatic carbocycles. The smallest absolute Gasteiger partial charge is 0.263 e. The molecule has 3 N–H and O–H groups in total. The number of carbonyl (C=O) groups is 1. The Morgan fingerprint density at radius 2 is 1.88 bits per heavy atom. The zero-order valence-electron chi connectivity index (χ0n) is 17.3. The molecule has 0 saturated carbocycles. The number of nitrogens with one attached hydrogen (secondary N) is 3. The number of anilines is 2. The monoisotopic (exact) mass is 440 g/mol. The lowest BCUT2D eigenvalue weighted by Crippen LogP contribution is -2.22. The van der Waals surface area contributed by atoms with Crippen molar-refractivity contribution in [2.24, 2.45) is 0 Å². The Bertz CT molecular complexity index is 1370. The first-order chi connectivity index (χ1) is 15.7. The molecule has 0 bridgehead atoms. The fourth-order valence-corrected chi connectivity index (χ4v) is 4.55. The summed E-state index contributed by atoms with van der Waals surface area (Å²) in [6.45, 7) is 2.43. The van der Waals surface area contributed by atoms with Crippen molar-refractivity contribution in [3.05, 3.63) is 89.5 Å². The van der Waals surface area contributed by atoms with Gasteiger partial charge in [-0.25, -0.2) is 0 Å². The summed E-state index contributed by atoms with van der Waals surface area (Å²) in [5.74, 6) is -0.137. The van der Waals surface area contributed by atoms with Crippen molar-refractivity contribution >= 4 is 38.7 Å². The number of rotatable bonds is 6. The number of hydrogen-bond donors (Lipinski definition) is 3. The molecule has 0 unspecified atom stereocenters. The van der Waals surface area contributed by atoms with E-state index in [0.29, 0.717) is 11.4 Å². The summed E-state index contributed by atoms with van der Waals surface area (Å²) in [4.78, 5) is 22.0. The highest BCUT2D eigenvalue weighted by Crippen LogP contribution is 2.37. The van der Waals surface area contributed by atoms with E-state index in [1.165, 1.54) is 11.3 Å². The van der Waals surface area contributed by atoms with Crippen LogP contribution >= 0.6 is 11.3 Å². The normalized spacial score (nSPS) is 10.9. The van der Waals surface area contributed by atoms with Crippen LogP contribution in [0.15, 0.2) is 73.4 Å². The lowest BCUT2D eigenvalue weighted by atomic mass is 10.1. The molecule has 158 valence electrons. The summed E-state index contributed by atoms with van der Waals surface area (Å²) in [7, 11) is 0. The molecule has 4 heterocycles. The summed E-state index contributed by atoms with van der Waals surface area (Å²) in [6, 6.07) is 13.8. The van der Waals surface area contributed by atoms with Gasteiger partial charge in [0, 0.05) is 42.4 Å². The summed E-state index contributed by atoms with van der Waals surface area (Å²) in [6.07, 6.45) is 8.79. The lowest BCUT2D eigenvalue weighted by Gasteiger charge is -2.10. The number of pyridine rings is 2. The van der Waals surface area contributed by atoms with Gasteiger partial charge in [0.05, 0.1) is 22.3 Å². The van der Waals surface area contributed by atoms with Gasteiger partial charge in [0.1, 0.15) is 4.88 Å². The van der Waals surface area contributed by atoms with Gasteiger partial charge in [0.25, 0.3) is 5.91 Å². The molecule has 0 aliphatic rings. The fraction of sp³-hybridized carbons (Fsp3) is 0.0833.